The van der Waals surface area contributed by atoms with Gasteiger partial charge < -0.3 is 15.4 Å². The summed E-state index contributed by atoms with van der Waals surface area (Å²) in [6, 6.07) is 6.94. The molecule has 1 aromatic carbocycles. The van der Waals surface area contributed by atoms with Crippen LogP contribution in [0.15, 0.2) is 34.2 Å². The van der Waals surface area contributed by atoms with Crippen molar-refractivity contribution in [3.05, 3.63) is 29.8 Å². The standard InChI is InChI=1S/C22H38N4O3S.HI/c1-18(2)26(4)30(27,28)20-10-8-19(9-11-20)16-24-21(23-3)25-17-22(14-15-29-5)12-6-7-13-22;/h8-11,18H,6-7,12-17H2,1-5H3,(H2,23,24,25);1H. The van der Waals surface area contributed by atoms with Gasteiger partial charge in [-0.25, -0.2) is 8.42 Å². The monoisotopic (exact) mass is 566 g/mol. The van der Waals surface area contributed by atoms with Crippen LogP contribution in [0.5, 0.6) is 0 Å². The molecule has 0 bridgehead atoms. The first-order chi connectivity index (χ1) is 14.2. The first kappa shape index (κ1) is 28.1. The van der Waals surface area contributed by atoms with Gasteiger partial charge in [-0.3, -0.25) is 4.99 Å². The van der Waals surface area contributed by atoms with Gasteiger partial charge in [0.05, 0.1) is 4.90 Å². The van der Waals surface area contributed by atoms with E-state index in [0.717, 1.165) is 31.1 Å². The van der Waals surface area contributed by atoms with Crippen molar-refractivity contribution in [3.63, 3.8) is 0 Å². The van der Waals surface area contributed by atoms with Crippen LogP contribution in [0, 0.1) is 5.41 Å². The van der Waals surface area contributed by atoms with Crippen molar-refractivity contribution >= 4 is 40.0 Å². The summed E-state index contributed by atoms with van der Waals surface area (Å²) in [5, 5.41) is 6.81. The molecule has 9 heteroatoms. The first-order valence-corrected chi connectivity index (χ1v) is 12.2. The third-order valence-electron chi connectivity index (χ3n) is 6.14. The maximum atomic E-state index is 12.6. The topological polar surface area (TPSA) is 83.0 Å². The number of sulfonamides is 1. The van der Waals surface area contributed by atoms with Crippen molar-refractivity contribution in [1.82, 2.24) is 14.9 Å². The Balaban J connectivity index is 0.00000480. The lowest BCUT2D eigenvalue weighted by Crippen LogP contribution is -2.43. The molecule has 1 aliphatic carbocycles. The molecule has 0 unspecified atom stereocenters. The minimum atomic E-state index is -3.46. The minimum Gasteiger partial charge on any atom is -0.385 e. The molecule has 0 spiro atoms. The van der Waals surface area contributed by atoms with E-state index in [2.05, 4.69) is 15.6 Å². The molecule has 0 radical (unpaired) electrons. The van der Waals surface area contributed by atoms with Crippen molar-refractivity contribution in [1.29, 1.82) is 0 Å². The number of nitrogens with one attached hydrogen (secondary N) is 2. The zero-order valence-corrected chi connectivity index (χ0v) is 22.6. The zero-order chi connectivity index (χ0) is 22.2. The van der Waals surface area contributed by atoms with Gasteiger partial charge in [0.25, 0.3) is 0 Å². The molecule has 0 aromatic heterocycles. The normalized spacial score (nSPS) is 16.4. The number of halogens is 1. The van der Waals surface area contributed by atoms with E-state index in [9.17, 15) is 8.42 Å². The summed E-state index contributed by atoms with van der Waals surface area (Å²) in [4.78, 5) is 4.65. The average molecular weight is 567 g/mol. The fourth-order valence-electron chi connectivity index (χ4n) is 3.86. The zero-order valence-electron chi connectivity index (χ0n) is 19.5. The maximum Gasteiger partial charge on any atom is 0.243 e. The molecule has 1 aliphatic rings. The third-order valence-corrected chi connectivity index (χ3v) is 8.19. The van der Waals surface area contributed by atoms with Crippen molar-refractivity contribution in [2.45, 2.75) is 63.4 Å². The average Bonchev–Trinajstić information content (AvgIpc) is 3.21. The Morgan fingerprint density at radius 1 is 1.19 bits per heavy atom. The lowest BCUT2D eigenvalue weighted by molar-refractivity contribution is 0.138. The van der Waals surface area contributed by atoms with Gasteiger partial charge in [-0.15, -0.1) is 24.0 Å². The molecule has 0 amide bonds. The van der Waals surface area contributed by atoms with Gasteiger partial charge >= 0.3 is 0 Å². The molecule has 31 heavy (non-hydrogen) atoms. The van der Waals surface area contributed by atoms with E-state index in [1.165, 1.54) is 30.0 Å². The quantitative estimate of drug-likeness (QED) is 0.257. The SMILES string of the molecule is CN=C(NCc1ccc(S(=O)(=O)N(C)C(C)C)cc1)NCC1(CCOC)CCCC1.I. The lowest BCUT2D eigenvalue weighted by Gasteiger charge is -2.30. The Labute approximate surface area is 205 Å². The summed E-state index contributed by atoms with van der Waals surface area (Å²) in [6.07, 6.45) is 6.06. The summed E-state index contributed by atoms with van der Waals surface area (Å²) >= 11 is 0. The Hall–Kier alpha value is -0.910. The molecular formula is C22H39IN4O3S. The first-order valence-electron chi connectivity index (χ1n) is 10.7. The summed E-state index contributed by atoms with van der Waals surface area (Å²) in [7, 11) is 1.67. The van der Waals surface area contributed by atoms with Crippen LogP contribution in [0.3, 0.4) is 0 Å². The van der Waals surface area contributed by atoms with E-state index >= 15 is 0 Å². The molecule has 7 nitrogen and oxygen atoms in total. The molecular weight excluding hydrogens is 527 g/mol. The van der Waals surface area contributed by atoms with Crippen LogP contribution in [-0.4, -0.2) is 59.1 Å². The van der Waals surface area contributed by atoms with Gasteiger partial charge in [-0.1, -0.05) is 25.0 Å². The van der Waals surface area contributed by atoms with Crippen LogP contribution in [0.2, 0.25) is 0 Å². The van der Waals surface area contributed by atoms with Crippen LogP contribution in [0.25, 0.3) is 0 Å². The van der Waals surface area contributed by atoms with Gasteiger partial charge in [0, 0.05) is 46.9 Å². The highest BCUT2D eigenvalue weighted by Crippen LogP contribution is 2.40. The summed E-state index contributed by atoms with van der Waals surface area (Å²) in [5.41, 5.74) is 1.28. The Kier molecular flexibility index (Phi) is 11.8. The number of rotatable bonds is 10. The molecule has 1 fully saturated rings. The van der Waals surface area contributed by atoms with E-state index < -0.39 is 10.0 Å². The van der Waals surface area contributed by atoms with E-state index in [1.807, 2.05) is 26.0 Å². The predicted octanol–water partition coefficient (Wildman–Crippen LogP) is 3.60. The third kappa shape index (κ3) is 7.87. The number of guanidine groups is 1. The Morgan fingerprint density at radius 3 is 2.32 bits per heavy atom. The second-order valence-corrected chi connectivity index (χ2v) is 10.5. The second kappa shape index (κ2) is 13.0. The molecule has 0 aliphatic heterocycles. The lowest BCUT2D eigenvalue weighted by atomic mass is 9.83. The van der Waals surface area contributed by atoms with Crippen molar-refractivity contribution in [2.24, 2.45) is 10.4 Å². The molecule has 1 aromatic rings. The van der Waals surface area contributed by atoms with Crippen molar-refractivity contribution in [3.8, 4) is 0 Å². The van der Waals surface area contributed by atoms with E-state index in [1.54, 1.807) is 33.3 Å². The molecule has 0 heterocycles. The fourth-order valence-corrected chi connectivity index (χ4v) is 5.23. The van der Waals surface area contributed by atoms with Crippen LogP contribution in [-0.2, 0) is 21.3 Å². The van der Waals surface area contributed by atoms with E-state index in [4.69, 9.17) is 4.74 Å². The molecule has 0 atom stereocenters. The summed E-state index contributed by atoms with van der Waals surface area (Å²) < 4.78 is 31.9. The highest BCUT2D eigenvalue weighted by Gasteiger charge is 2.33. The Bertz CT molecular complexity index is 791. The number of aliphatic imine (C=N–C) groups is 1. The van der Waals surface area contributed by atoms with Gasteiger partial charge in [0.2, 0.25) is 10.0 Å². The van der Waals surface area contributed by atoms with Gasteiger partial charge in [-0.2, -0.15) is 4.31 Å². The number of hydrogen-bond acceptors (Lipinski definition) is 4. The molecule has 2 rings (SSSR count). The molecule has 0 saturated heterocycles. The number of hydrogen-bond donors (Lipinski definition) is 2. The highest BCUT2D eigenvalue weighted by atomic mass is 127. The van der Waals surface area contributed by atoms with E-state index in [-0.39, 0.29) is 35.4 Å². The van der Waals surface area contributed by atoms with Gasteiger partial charge in [-0.05, 0) is 56.2 Å². The largest absolute Gasteiger partial charge is 0.385 e. The Morgan fingerprint density at radius 2 is 1.81 bits per heavy atom. The maximum absolute atomic E-state index is 12.6. The number of methoxy groups -OCH3 is 1. The molecule has 1 saturated carbocycles. The van der Waals surface area contributed by atoms with Crippen LogP contribution in [0.1, 0.15) is 51.5 Å². The summed E-state index contributed by atoms with van der Waals surface area (Å²) in [6.45, 7) is 5.97. The summed E-state index contributed by atoms with van der Waals surface area (Å²) in [5.74, 6) is 0.759. The number of nitrogens with zero attached hydrogens (tertiary/aromatic N) is 2. The molecule has 178 valence electrons. The van der Waals surface area contributed by atoms with Crippen molar-refractivity contribution < 1.29 is 13.2 Å². The predicted molar refractivity (Wildman–Crippen MR) is 138 cm³/mol. The van der Waals surface area contributed by atoms with Crippen LogP contribution in [0.4, 0.5) is 0 Å². The van der Waals surface area contributed by atoms with Crippen LogP contribution >= 0.6 is 24.0 Å². The number of benzene rings is 1. The smallest absolute Gasteiger partial charge is 0.243 e. The van der Waals surface area contributed by atoms with Gasteiger partial charge in [0.1, 0.15) is 0 Å². The second-order valence-electron chi connectivity index (χ2n) is 8.49. The van der Waals surface area contributed by atoms with Gasteiger partial charge in [0.15, 0.2) is 5.96 Å². The number of ether oxygens (including phenoxy) is 1. The van der Waals surface area contributed by atoms with E-state index in [0.29, 0.717) is 11.4 Å². The van der Waals surface area contributed by atoms with Crippen LogP contribution < -0.4 is 10.6 Å². The van der Waals surface area contributed by atoms with Crippen molar-refractivity contribution in [2.75, 3.05) is 34.4 Å². The highest BCUT2D eigenvalue weighted by molar-refractivity contribution is 14.0. The fraction of sp³-hybridized carbons (Fsp3) is 0.682. The minimum absolute atomic E-state index is 0. The molecule has 2 N–H and O–H groups in total.